The highest BCUT2D eigenvalue weighted by atomic mass is 32.2. The lowest BCUT2D eigenvalue weighted by atomic mass is 10.0. The van der Waals surface area contributed by atoms with E-state index >= 15 is 0 Å². The minimum atomic E-state index is -3.57. The van der Waals surface area contributed by atoms with Gasteiger partial charge in [-0.1, -0.05) is 37.7 Å². The smallest absolute Gasteiger partial charge is 0.288 e. The van der Waals surface area contributed by atoms with E-state index in [1.54, 1.807) is 24.3 Å². The molecule has 0 radical (unpaired) electrons. The fourth-order valence-electron chi connectivity index (χ4n) is 3.43. The van der Waals surface area contributed by atoms with E-state index in [4.69, 9.17) is 0 Å². The summed E-state index contributed by atoms with van der Waals surface area (Å²) in [4.78, 5) is 14.9. The molecule has 0 aromatic heterocycles. The van der Waals surface area contributed by atoms with Gasteiger partial charge in [-0.2, -0.15) is 13.1 Å². The second kappa shape index (κ2) is 10.7. The summed E-state index contributed by atoms with van der Waals surface area (Å²) < 4.78 is 52.0. The normalized spacial score (nSPS) is 15.9. The number of piperazine rings is 1. The largest absolute Gasteiger partial charge is 0.325 e. The fraction of sp³-hybridized carbons (Fsp3) is 0.409. The predicted octanol–water partition coefficient (Wildman–Crippen LogP) is 4.07. The van der Waals surface area contributed by atoms with Gasteiger partial charge >= 0.3 is 0 Å². The van der Waals surface area contributed by atoms with E-state index in [-0.39, 0.29) is 17.3 Å². The Morgan fingerprint density at radius 1 is 1.00 bits per heavy atom. The van der Waals surface area contributed by atoms with E-state index in [1.165, 1.54) is 16.4 Å². The number of amides is 1. The summed E-state index contributed by atoms with van der Waals surface area (Å²) in [5.74, 6) is -2.40. The van der Waals surface area contributed by atoms with E-state index in [1.807, 2.05) is 17.0 Å². The first-order valence-corrected chi connectivity index (χ1v) is 12.6. The van der Waals surface area contributed by atoms with E-state index in [0.717, 1.165) is 5.56 Å². The lowest BCUT2D eigenvalue weighted by Crippen LogP contribution is -2.50. The Morgan fingerprint density at radius 3 is 2.12 bits per heavy atom. The van der Waals surface area contributed by atoms with Crippen molar-refractivity contribution in [1.82, 2.24) is 9.21 Å². The Balaban J connectivity index is 1.50. The quantitative estimate of drug-likeness (QED) is 0.574. The van der Waals surface area contributed by atoms with Crippen LogP contribution in [0.1, 0.15) is 25.3 Å². The maximum absolute atomic E-state index is 12.9. The molecule has 0 aliphatic carbocycles. The van der Waals surface area contributed by atoms with Crippen molar-refractivity contribution < 1.29 is 22.0 Å². The number of nitrogens with one attached hydrogen (secondary N) is 1. The third kappa shape index (κ3) is 6.50. The van der Waals surface area contributed by atoms with Crippen molar-refractivity contribution in [3.8, 4) is 0 Å². The zero-order valence-electron chi connectivity index (χ0n) is 18.0. The van der Waals surface area contributed by atoms with Gasteiger partial charge in [-0.15, -0.1) is 0 Å². The Morgan fingerprint density at radius 2 is 1.59 bits per heavy atom. The topological polar surface area (TPSA) is 69.7 Å². The molecule has 2 aromatic carbocycles. The van der Waals surface area contributed by atoms with Gasteiger partial charge < -0.3 is 5.32 Å². The van der Waals surface area contributed by atoms with Gasteiger partial charge in [0.05, 0.1) is 11.4 Å². The zero-order chi connectivity index (χ0) is 23.3. The van der Waals surface area contributed by atoms with Gasteiger partial charge in [0, 0.05) is 36.8 Å². The Labute approximate surface area is 192 Å². The summed E-state index contributed by atoms with van der Waals surface area (Å²) in [6.07, 6.45) is 0. The highest BCUT2D eigenvalue weighted by Crippen LogP contribution is 2.26. The molecule has 0 atom stereocenters. The lowest BCUT2D eigenvalue weighted by Gasteiger charge is -2.33. The number of hydrogen-bond donors (Lipinski definition) is 1. The molecule has 0 bridgehead atoms. The van der Waals surface area contributed by atoms with Crippen LogP contribution in [-0.2, 0) is 14.8 Å². The molecule has 1 aliphatic rings. The molecule has 0 spiro atoms. The number of alkyl halides is 2. The van der Waals surface area contributed by atoms with Crippen molar-refractivity contribution in [3.63, 3.8) is 0 Å². The number of carbonyl (C=O) groups excluding carboxylic acids is 1. The number of thioether (sulfide) groups is 1. The van der Waals surface area contributed by atoms with Gasteiger partial charge in [0.15, 0.2) is 0 Å². The molecule has 32 heavy (non-hydrogen) atoms. The summed E-state index contributed by atoms with van der Waals surface area (Å²) in [7, 11) is -3.57. The molecule has 1 amide bonds. The van der Waals surface area contributed by atoms with Gasteiger partial charge in [0.2, 0.25) is 15.9 Å². The molecule has 1 N–H and O–H groups in total. The number of carbonyl (C=O) groups is 1. The summed E-state index contributed by atoms with van der Waals surface area (Å²) in [5.41, 5.74) is 1.61. The first-order chi connectivity index (χ1) is 15.1. The SMILES string of the molecule is CC(C)c1ccc(S(=O)(=O)N2CCN(CC(=O)Nc3ccc(SC(F)F)cc3)CC2)cc1. The van der Waals surface area contributed by atoms with Crippen LogP contribution in [0.15, 0.2) is 58.3 Å². The third-order valence-electron chi connectivity index (χ3n) is 5.25. The van der Waals surface area contributed by atoms with Crippen molar-refractivity contribution >= 4 is 33.4 Å². The van der Waals surface area contributed by atoms with Crippen LogP contribution in [0.3, 0.4) is 0 Å². The molecular weight excluding hydrogens is 456 g/mol. The Bertz CT molecular complexity index is 1010. The van der Waals surface area contributed by atoms with E-state index < -0.39 is 15.8 Å². The van der Waals surface area contributed by atoms with E-state index in [2.05, 4.69) is 19.2 Å². The van der Waals surface area contributed by atoms with Crippen LogP contribution in [0.2, 0.25) is 0 Å². The third-order valence-corrected chi connectivity index (χ3v) is 7.88. The molecule has 10 heteroatoms. The van der Waals surface area contributed by atoms with Crippen LogP contribution >= 0.6 is 11.8 Å². The number of rotatable bonds is 8. The number of hydrogen-bond acceptors (Lipinski definition) is 5. The van der Waals surface area contributed by atoms with Crippen LogP contribution in [0.5, 0.6) is 0 Å². The number of anilines is 1. The van der Waals surface area contributed by atoms with Crippen molar-refractivity contribution in [2.75, 3.05) is 38.0 Å². The standard InChI is InChI=1S/C22H27F2N3O3S2/c1-16(2)17-3-9-20(10-4-17)32(29,30)27-13-11-26(12-14-27)15-21(28)25-18-5-7-19(8-6-18)31-22(23)24/h3-10,16,22H,11-15H2,1-2H3,(H,25,28). The first kappa shape index (κ1) is 24.6. The fourth-order valence-corrected chi connectivity index (χ4v) is 5.35. The molecule has 6 nitrogen and oxygen atoms in total. The van der Waals surface area contributed by atoms with Crippen LogP contribution < -0.4 is 5.32 Å². The molecular formula is C22H27F2N3O3S2. The molecule has 1 saturated heterocycles. The van der Waals surface area contributed by atoms with Crippen molar-refractivity contribution in [3.05, 3.63) is 54.1 Å². The van der Waals surface area contributed by atoms with Crippen molar-refractivity contribution in [2.24, 2.45) is 0 Å². The second-order valence-corrected chi connectivity index (χ2v) is 10.9. The molecule has 3 rings (SSSR count). The molecule has 0 unspecified atom stereocenters. The van der Waals surface area contributed by atoms with Crippen LogP contribution in [-0.4, -0.2) is 62.0 Å². The van der Waals surface area contributed by atoms with Gasteiger partial charge in [-0.25, -0.2) is 8.42 Å². The van der Waals surface area contributed by atoms with E-state index in [9.17, 15) is 22.0 Å². The average molecular weight is 484 g/mol. The van der Waals surface area contributed by atoms with Crippen LogP contribution in [0.25, 0.3) is 0 Å². The van der Waals surface area contributed by atoms with Crippen LogP contribution in [0, 0.1) is 0 Å². The van der Waals surface area contributed by atoms with Gasteiger partial charge in [-0.05, 0) is 47.9 Å². The summed E-state index contributed by atoms with van der Waals surface area (Å²) in [6, 6.07) is 13.2. The first-order valence-electron chi connectivity index (χ1n) is 10.3. The molecule has 2 aromatic rings. The minimum absolute atomic E-state index is 0.129. The minimum Gasteiger partial charge on any atom is -0.325 e. The second-order valence-electron chi connectivity index (χ2n) is 7.86. The lowest BCUT2D eigenvalue weighted by molar-refractivity contribution is -0.117. The van der Waals surface area contributed by atoms with Gasteiger partial charge in [0.25, 0.3) is 5.76 Å². The number of halogens is 2. The van der Waals surface area contributed by atoms with Crippen molar-refractivity contribution in [2.45, 2.75) is 35.3 Å². The molecule has 1 fully saturated rings. The molecule has 0 saturated carbocycles. The number of nitrogens with zero attached hydrogens (tertiary/aromatic N) is 2. The maximum Gasteiger partial charge on any atom is 0.288 e. The zero-order valence-corrected chi connectivity index (χ0v) is 19.6. The van der Waals surface area contributed by atoms with Crippen molar-refractivity contribution in [1.29, 1.82) is 0 Å². The average Bonchev–Trinajstić information content (AvgIpc) is 2.75. The van der Waals surface area contributed by atoms with Gasteiger partial charge in [-0.3, -0.25) is 9.69 Å². The summed E-state index contributed by atoms with van der Waals surface area (Å²) in [5, 5.41) is 2.74. The van der Waals surface area contributed by atoms with Crippen LogP contribution in [0.4, 0.5) is 14.5 Å². The summed E-state index contributed by atoms with van der Waals surface area (Å²) in [6.45, 7) is 5.74. The van der Waals surface area contributed by atoms with E-state index in [0.29, 0.717) is 54.4 Å². The summed E-state index contributed by atoms with van der Waals surface area (Å²) >= 11 is 0.449. The highest BCUT2D eigenvalue weighted by molar-refractivity contribution is 7.99. The maximum atomic E-state index is 12.9. The monoisotopic (exact) mass is 483 g/mol. The number of sulfonamides is 1. The number of benzene rings is 2. The predicted molar refractivity (Wildman–Crippen MR) is 123 cm³/mol. The molecule has 1 aliphatic heterocycles. The van der Waals surface area contributed by atoms with Gasteiger partial charge in [0.1, 0.15) is 0 Å². The molecule has 1 heterocycles. The Hall–Kier alpha value is -2.01. The highest BCUT2D eigenvalue weighted by Gasteiger charge is 2.29. The molecule has 174 valence electrons. The Kier molecular flexibility index (Phi) is 8.26.